The molecule has 0 N–H and O–H groups in total. The zero-order valence-electron chi connectivity index (χ0n) is 36.1. The Morgan fingerprint density at radius 3 is 0.565 bits per heavy atom. The highest BCUT2D eigenvalue weighted by Crippen LogP contribution is 2.40. The summed E-state index contributed by atoms with van der Waals surface area (Å²) in [5.74, 6) is 0. The molecule has 0 fully saturated rings. The Morgan fingerprint density at radius 2 is 0.355 bits per heavy atom. The first-order valence-corrected chi connectivity index (χ1v) is 21.0. The Hall–Kier alpha value is -8.20. The van der Waals surface area contributed by atoms with E-state index in [1.807, 2.05) is 36.4 Å². The maximum absolute atomic E-state index is 8.13. The van der Waals surface area contributed by atoms with Crippen LogP contribution in [-0.4, -0.2) is 0 Å². The van der Waals surface area contributed by atoms with Crippen molar-refractivity contribution in [2.45, 2.75) is 0 Å². The molecule has 0 amide bonds. The van der Waals surface area contributed by atoms with Crippen molar-refractivity contribution in [3.05, 3.63) is 267 Å². The molecule has 0 atom stereocenters. The van der Waals surface area contributed by atoms with Crippen molar-refractivity contribution in [1.29, 1.82) is 0 Å². The number of anilines is 6. The molecule has 0 aromatic heterocycles. The normalized spacial score (nSPS) is 11.4. The van der Waals surface area contributed by atoms with E-state index in [2.05, 4.69) is 216 Å². The molecule has 0 bridgehead atoms. The molecular formula is C60H44N2. The lowest BCUT2D eigenvalue weighted by Crippen LogP contribution is -2.10. The van der Waals surface area contributed by atoms with E-state index in [9.17, 15) is 0 Å². The smallest absolute Gasteiger partial charge is 0.0623 e. The summed E-state index contributed by atoms with van der Waals surface area (Å²) < 4.78 is 16.3. The van der Waals surface area contributed by atoms with Crippen LogP contribution in [-0.2, 0) is 0 Å². The summed E-state index contributed by atoms with van der Waals surface area (Å²) in [7, 11) is 0. The zero-order valence-corrected chi connectivity index (χ0v) is 34.1. The Morgan fingerprint density at radius 1 is 0.177 bits per heavy atom. The third-order valence-corrected chi connectivity index (χ3v) is 11.4. The zero-order chi connectivity index (χ0) is 43.2. The van der Waals surface area contributed by atoms with Crippen LogP contribution in [0.25, 0.3) is 55.6 Å². The van der Waals surface area contributed by atoms with Crippen molar-refractivity contribution in [2.75, 3.05) is 9.80 Å². The number of hydrogen-bond acceptors (Lipinski definition) is 2. The summed E-state index contributed by atoms with van der Waals surface area (Å²) in [5.41, 5.74) is 17.5. The first kappa shape index (κ1) is 35.7. The van der Waals surface area contributed by atoms with Crippen LogP contribution in [0, 0.1) is 0 Å². The van der Waals surface area contributed by atoms with Gasteiger partial charge in [0.05, 0.1) is 2.74 Å². The molecule has 2 nitrogen and oxygen atoms in total. The van der Waals surface area contributed by atoms with Gasteiger partial charge in [0.15, 0.2) is 0 Å². The third kappa shape index (κ3) is 8.18. The van der Waals surface area contributed by atoms with Crippen LogP contribution >= 0.6 is 0 Å². The van der Waals surface area contributed by atoms with Crippen molar-refractivity contribution in [2.24, 2.45) is 0 Å². The van der Waals surface area contributed by atoms with E-state index in [0.29, 0.717) is 12.1 Å². The van der Waals surface area contributed by atoms with Gasteiger partial charge < -0.3 is 9.80 Å². The largest absolute Gasteiger partial charge is 0.311 e. The van der Waals surface area contributed by atoms with Gasteiger partial charge in [-0.15, -0.1) is 0 Å². The molecule has 62 heavy (non-hydrogen) atoms. The monoisotopic (exact) mass is 796 g/mol. The minimum Gasteiger partial charge on any atom is -0.311 e. The highest BCUT2D eigenvalue weighted by atomic mass is 15.1. The second-order valence-electron chi connectivity index (χ2n) is 15.3. The summed E-state index contributed by atoms with van der Waals surface area (Å²) in [6, 6.07) is 89.7. The number of rotatable bonds is 11. The predicted molar refractivity (Wildman–Crippen MR) is 263 cm³/mol. The fourth-order valence-corrected chi connectivity index (χ4v) is 8.12. The van der Waals surface area contributed by atoms with E-state index < -0.39 is 0 Å². The van der Waals surface area contributed by atoms with Crippen molar-refractivity contribution in [1.82, 2.24) is 0 Å². The Bertz CT molecular complexity index is 2900. The van der Waals surface area contributed by atoms with Gasteiger partial charge in [-0.25, -0.2) is 0 Å². The second-order valence-corrected chi connectivity index (χ2v) is 15.3. The van der Waals surface area contributed by atoms with Gasteiger partial charge in [-0.05, 0) is 128 Å². The van der Waals surface area contributed by atoms with Crippen LogP contribution in [0.3, 0.4) is 0 Å². The highest BCUT2D eigenvalue weighted by molar-refractivity contribution is 5.83. The molecule has 0 unspecified atom stereocenters. The summed E-state index contributed by atoms with van der Waals surface area (Å²) in [6.45, 7) is 0. The molecule has 294 valence electrons. The molecule has 0 saturated heterocycles. The SMILES string of the molecule is [3H]c1cccc(-c2ccc(N(c3ccc(-c4ccccc4)cc3)c3ccc(-c4ccc(N(c5ccc(-c6ccccc6)cc5)c5ccc(-c6cccc([3H])c6)cc5)cc4)cc3)cc2)c1. The minimum atomic E-state index is 0.501. The van der Waals surface area contributed by atoms with Crippen LogP contribution in [0.4, 0.5) is 34.1 Å². The average Bonchev–Trinajstić information content (AvgIpc) is 3.36. The Balaban J connectivity index is 0.962. The first-order valence-electron chi connectivity index (χ1n) is 22.0. The van der Waals surface area contributed by atoms with Crippen LogP contribution in [0.5, 0.6) is 0 Å². The van der Waals surface area contributed by atoms with Gasteiger partial charge in [-0.3, -0.25) is 0 Å². The maximum Gasteiger partial charge on any atom is 0.0623 e. The van der Waals surface area contributed by atoms with Gasteiger partial charge >= 0.3 is 0 Å². The van der Waals surface area contributed by atoms with Crippen molar-refractivity contribution in [3.8, 4) is 55.6 Å². The van der Waals surface area contributed by atoms with E-state index in [1.165, 1.54) is 22.3 Å². The number of nitrogens with zero attached hydrogens (tertiary/aromatic N) is 2. The van der Waals surface area contributed by atoms with Gasteiger partial charge in [0, 0.05) is 34.1 Å². The molecule has 10 aromatic carbocycles. The molecule has 2 heteroatoms. The first-order chi connectivity index (χ1) is 31.5. The third-order valence-electron chi connectivity index (χ3n) is 11.4. The van der Waals surface area contributed by atoms with Gasteiger partial charge in [-0.1, -0.05) is 194 Å². The van der Waals surface area contributed by atoms with E-state index in [0.717, 1.165) is 67.5 Å². The molecule has 0 aliphatic carbocycles. The van der Waals surface area contributed by atoms with Gasteiger partial charge in [0.2, 0.25) is 0 Å². The lowest BCUT2D eigenvalue weighted by atomic mass is 10.0. The molecule has 0 saturated carbocycles. The fraction of sp³-hybridized carbons (Fsp3) is 0. The quantitative estimate of drug-likeness (QED) is 0.129. The summed E-state index contributed by atoms with van der Waals surface area (Å²) in [6.07, 6.45) is 0. The van der Waals surface area contributed by atoms with E-state index in [-0.39, 0.29) is 0 Å². The number of benzene rings is 10. The van der Waals surface area contributed by atoms with Crippen molar-refractivity contribution >= 4 is 34.1 Å². The highest BCUT2D eigenvalue weighted by Gasteiger charge is 2.16. The van der Waals surface area contributed by atoms with Crippen LogP contribution in [0.1, 0.15) is 2.74 Å². The van der Waals surface area contributed by atoms with Crippen molar-refractivity contribution < 1.29 is 2.74 Å². The van der Waals surface area contributed by atoms with Crippen LogP contribution < -0.4 is 9.80 Å². The van der Waals surface area contributed by atoms with Crippen LogP contribution in [0.2, 0.25) is 0 Å². The van der Waals surface area contributed by atoms with E-state index in [1.54, 1.807) is 12.1 Å². The predicted octanol–water partition coefficient (Wildman–Crippen LogP) is 17.0. The Kier molecular flexibility index (Phi) is 10.1. The van der Waals surface area contributed by atoms with E-state index >= 15 is 0 Å². The molecule has 0 radical (unpaired) electrons. The summed E-state index contributed by atoms with van der Waals surface area (Å²) in [5, 5.41) is 0. The van der Waals surface area contributed by atoms with Gasteiger partial charge in [0.25, 0.3) is 0 Å². The standard InChI is InChI=1S/C60H44N2/c1-5-13-45(14-6-1)49-21-33-55(34-22-49)61(56-35-23-50(24-36-56)46-15-7-2-8-16-46)59-41-29-53(30-42-59)54-31-43-60(44-32-54)62(57-37-25-51(26-38-57)47-17-9-3-10-18-47)58-39-27-52(28-40-58)48-19-11-4-12-20-48/h1-44H/i5T,9T. The molecular weight excluding hydrogens is 749 g/mol. The Labute approximate surface area is 367 Å². The summed E-state index contributed by atoms with van der Waals surface area (Å²) in [4.78, 5) is 4.59. The number of hydrogen-bond donors (Lipinski definition) is 0. The fourth-order valence-electron chi connectivity index (χ4n) is 8.12. The van der Waals surface area contributed by atoms with Crippen molar-refractivity contribution in [3.63, 3.8) is 0 Å². The molecule has 10 aromatic rings. The van der Waals surface area contributed by atoms with Gasteiger partial charge in [-0.2, -0.15) is 0 Å². The van der Waals surface area contributed by atoms with Crippen LogP contribution in [0.15, 0.2) is 267 Å². The average molecular weight is 797 g/mol. The van der Waals surface area contributed by atoms with E-state index in [4.69, 9.17) is 2.74 Å². The maximum atomic E-state index is 8.13. The lowest BCUT2D eigenvalue weighted by Gasteiger charge is -2.27. The second kappa shape index (κ2) is 17.6. The van der Waals surface area contributed by atoms with Gasteiger partial charge in [0.1, 0.15) is 0 Å². The minimum absolute atomic E-state index is 0.501. The molecule has 0 heterocycles. The molecule has 0 spiro atoms. The molecule has 10 rings (SSSR count). The summed E-state index contributed by atoms with van der Waals surface area (Å²) >= 11 is 0. The molecule has 0 aliphatic rings. The topological polar surface area (TPSA) is 6.48 Å². The molecule has 0 aliphatic heterocycles. The lowest BCUT2D eigenvalue weighted by molar-refractivity contribution is 1.28.